The minimum atomic E-state index is 0.106. The molecule has 4 nitrogen and oxygen atoms in total. The molecule has 120 valence electrons. The number of aromatic nitrogens is 1. The maximum atomic E-state index is 11.7. The molecular weight excluding hydrogens is 288 g/mol. The third kappa shape index (κ3) is 4.09. The van der Waals surface area contributed by atoms with Crippen LogP contribution in [0.15, 0.2) is 54.9 Å². The number of nitrogens with zero attached hydrogens (tertiary/aromatic N) is 2. The van der Waals surface area contributed by atoms with Gasteiger partial charge in [0.2, 0.25) is 5.91 Å². The zero-order valence-corrected chi connectivity index (χ0v) is 13.4. The lowest BCUT2D eigenvalue weighted by Crippen LogP contribution is -2.48. The van der Waals surface area contributed by atoms with Crippen LogP contribution in [0.4, 0.5) is 0 Å². The van der Waals surface area contributed by atoms with Gasteiger partial charge in [0.1, 0.15) is 11.9 Å². The summed E-state index contributed by atoms with van der Waals surface area (Å²) in [6.07, 6.45) is 5.36. The first-order chi connectivity index (χ1) is 11.2. The second-order valence-corrected chi connectivity index (χ2v) is 6.05. The molecule has 1 fully saturated rings. The summed E-state index contributed by atoms with van der Waals surface area (Å²) < 4.78 is 6.17. The first-order valence-corrected chi connectivity index (χ1v) is 8.08. The molecule has 0 N–H and O–H groups in total. The Hall–Kier alpha value is -2.36. The Kier molecular flexibility index (Phi) is 4.91. The fourth-order valence-corrected chi connectivity index (χ4v) is 3.16. The van der Waals surface area contributed by atoms with Crippen LogP contribution in [0.3, 0.4) is 0 Å². The van der Waals surface area contributed by atoms with Crippen LogP contribution in [0, 0.1) is 5.92 Å². The van der Waals surface area contributed by atoms with Crippen molar-refractivity contribution in [2.24, 2.45) is 5.92 Å². The average Bonchev–Trinajstić information content (AvgIpc) is 2.58. The lowest BCUT2D eigenvalue weighted by atomic mass is 9.88. The number of likely N-dealkylation sites (tertiary alicyclic amines) is 1. The fourth-order valence-electron chi connectivity index (χ4n) is 3.16. The first kappa shape index (κ1) is 15.5. The van der Waals surface area contributed by atoms with Gasteiger partial charge < -0.3 is 9.64 Å². The second-order valence-electron chi connectivity index (χ2n) is 6.05. The minimum absolute atomic E-state index is 0.106. The molecular formula is C19H22N2O2. The maximum Gasteiger partial charge on any atom is 0.219 e. The number of ether oxygens (including phenoxy) is 1. The van der Waals surface area contributed by atoms with E-state index in [0.29, 0.717) is 0 Å². The third-order valence-electron chi connectivity index (χ3n) is 4.37. The maximum absolute atomic E-state index is 11.7. The van der Waals surface area contributed by atoms with Gasteiger partial charge in [0.15, 0.2) is 0 Å². The van der Waals surface area contributed by atoms with E-state index in [9.17, 15) is 4.79 Å². The van der Waals surface area contributed by atoms with E-state index in [1.165, 1.54) is 5.56 Å². The number of rotatable bonds is 4. The van der Waals surface area contributed by atoms with Crippen molar-refractivity contribution >= 4 is 5.91 Å². The van der Waals surface area contributed by atoms with Crippen molar-refractivity contribution < 1.29 is 9.53 Å². The highest BCUT2D eigenvalue weighted by Gasteiger charge is 2.32. The molecule has 1 aliphatic rings. The molecule has 2 atom stereocenters. The van der Waals surface area contributed by atoms with Gasteiger partial charge in [-0.15, -0.1) is 0 Å². The Balaban J connectivity index is 1.74. The molecule has 0 bridgehead atoms. The van der Waals surface area contributed by atoms with E-state index in [4.69, 9.17) is 4.74 Å². The van der Waals surface area contributed by atoms with Gasteiger partial charge in [-0.1, -0.05) is 30.3 Å². The summed E-state index contributed by atoms with van der Waals surface area (Å²) in [6, 6.07) is 14.2. The molecule has 1 aromatic carbocycles. The molecule has 4 heteroatoms. The van der Waals surface area contributed by atoms with Gasteiger partial charge in [0.05, 0.1) is 6.20 Å². The summed E-state index contributed by atoms with van der Waals surface area (Å²) in [5.74, 6) is 1.23. The van der Waals surface area contributed by atoms with Crippen molar-refractivity contribution in [3.63, 3.8) is 0 Å². The molecule has 0 spiro atoms. The Morgan fingerprint density at radius 1 is 1.26 bits per heavy atom. The number of carbonyl (C=O) groups excluding carboxylic acids is 1. The van der Waals surface area contributed by atoms with Crippen LogP contribution in [-0.4, -0.2) is 35.0 Å². The van der Waals surface area contributed by atoms with Crippen LogP contribution in [0.2, 0.25) is 0 Å². The quantitative estimate of drug-likeness (QED) is 0.872. The van der Waals surface area contributed by atoms with Gasteiger partial charge in [0, 0.05) is 38.5 Å². The Morgan fingerprint density at radius 2 is 2.09 bits per heavy atom. The molecule has 0 saturated carbocycles. The summed E-state index contributed by atoms with van der Waals surface area (Å²) in [6.45, 7) is 3.14. The molecule has 23 heavy (non-hydrogen) atoms. The van der Waals surface area contributed by atoms with Crippen LogP contribution < -0.4 is 4.74 Å². The van der Waals surface area contributed by atoms with Gasteiger partial charge in [-0.3, -0.25) is 9.78 Å². The largest absolute Gasteiger partial charge is 0.488 e. The normalized spacial score (nSPS) is 21.0. The third-order valence-corrected chi connectivity index (χ3v) is 4.37. The van der Waals surface area contributed by atoms with Gasteiger partial charge in [0.25, 0.3) is 0 Å². The first-order valence-electron chi connectivity index (χ1n) is 8.08. The van der Waals surface area contributed by atoms with E-state index in [-0.39, 0.29) is 17.9 Å². The molecule has 1 saturated heterocycles. The molecule has 1 amide bonds. The summed E-state index contributed by atoms with van der Waals surface area (Å²) >= 11 is 0. The zero-order chi connectivity index (χ0) is 16.1. The number of amides is 1. The highest BCUT2D eigenvalue weighted by Crippen LogP contribution is 2.26. The lowest BCUT2D eigenvalue weighted by Gasteiger charge is -2.38. The number of carbonyl (C=O) groups is 1. The zero-order valence-electron chi connectivity index (χ0n) is 13.4. The molecule has 0 radical (unpaired) electrons. The van der Waals surface area contributed by atoms with Crippen LogP contribution in [-0.2, 0) is 11.2 Å². The molecule has 1 aromatic heterocycles. The SMILES string of the molecule is CC(=O)N1CC[C@H](Oc2cccnc2)[C@@H](Cc2ccccc2)C1. The van der Waals surface area contributed by atoms with Crippen molar-refractivity contribution in [1.29, 1.82) is 0 Å². The molecule has 3 rings (SSSR count). The number of piperidine rings is 1. The molecule has 2 heterocycles. The highest BCUT2D eigenvalue weighted by atomic mass is 16.5. The van der Waals surface area contributed by atoms with Crippen molar-refractivity contribution in [1.82, 2.24) is 9.88 Å². The Bertz CT molecular complexity index is 630. The monoisotopic (exact) mass is 310 g/mol. The van der Waals surface area contributed by atoms with Crippen molar-refractivity contribution in [3.8, 4) is 5.75 Å². The van der Waals surface area contributed by atoms with E-state index < -0.39 is 0 Å². The summed E-state index contributed by atoms with van der Waals surface area (Å²) in [5, 5.41) is 0. The van der Waals surface area contributed by atoms with Crippen LogP contribution in [0.1, 0.15) is 18.9 Å². The number of hydrogen-bond acceptors (Lipinski definition) is 3. The second kappa shape index (κ2) is 7.27. The van der Waals surface area contributed by atoms with Crippen molar-refractivity contribution in [2.75, 3.05) is 13.1 Å². The number of benzene rings is 1. The summed E-state index contributed by atoms with van der Waals surface area (Å²) in [7, 11) is 0. The Morgan fingerprint density at radius 3 is 2.78 bits per heavy atom. The smallest absolute Gasteiger partial charge is 0.219 e. The number of pyridine rings is 1. The van der Waals surface area contributed by atoms with E-state index in [0.717, 1.165) is 31.7 Å². The van der Waals surface area contributed by atoms with Crippen LogP contribution in [0.25, 0.3) is 0 Å². The van der Waals surface area contributed by atoms with Crippen molar-refractivity contribution in [3.05, 3.63) is 60.4 Å². The summed E-state index contributed by atoms with van der Waals surface area (Å²) in [5.41, 5.74) is 1.28. The van der Waals surface area contributed by atoms with E-state index in [1.54, 1.807) is 19.3 Å². The van der Waals surface area contributed by atoms with Gasteiger partial charge >= 0.3 is 0 Å². The van der Waals surface area contributed by atoms with Crippen LogP contribution in [0.5, 0.6) is 5.75 Å². The van der Waals surface area contributed by atoms with E-state index in [2.05, 4.69) is 29.2 Å². The summed E-state index contributed by atoms with van der Waals surface area (Å²) in [4.78, 5) is 17.8. The Labute approximate surface area is 137 Å². The van der Waals surface area contributed by atoms with Gasteiger partial charge in [-0.25, -0.2) is 0 Å². The average molecular weight is 310 g/mol. The minimum Gasteiger partial charge on any atom is -0.488 e. The lowest BCUT2D eigenvalue weighted by molar-refractivity contribution is -0.132. The number of hydrogen-bond donors (Lipinski definition) is 0. The molecule has 0 aliphatic carbocycles. The predicted octanol–water partition coefficient (Wildman–Crippen LogP) is 2.94. The van der Waals surface area contributed by atoms with E-state index >= 15 is 0 Å². The molecule has 0 unspecified atom stereocenters. The van der Waals surface area contributed by atoms with E-state index in [1.807, 2.05) is 23.1 Å². The van der Waals surface area contributed by atoms with Crippen LogP contribution >= 0.6 is 0 Å². The predicted molar refractivity (Wildman–Crippen MR) is 89.2 cm³/mol. The van der Waals surface area contributed by atoms with Crippen molar-refractivity contribution in [2.45, 2.75) is 25.9 Å². The fraction of sp³-hybridized carbons (Fsp3) is 0.368. The van der Waals surface area contributed by atoms with Gasteiger partial charge in [-0.05, 0) is 24.1 Å². The molecule has 1 aliphatic heterocycles. The topological polar surface area (TPSA) is 42.4 Å². The highest BCUT2D eigenvalue weighted by molar-refractivity contribution is 5.73. The standard InChI is InChI=1S/C19H22N2O2/c1-15(22)21-11-9-19(23-18-8-5-10-20-13-18)17(14-21)12-16-6-3-2-4-7-16/h2-8,10,13,17,19H,9,11-12,14H2,1H3/t17-,19-/m0/s1. The van der Waals surface area contributed by atoms with Gasteiger partial charge in [-0.2, -0.15) is 0 Å². The molecule has 2 aromatic rings.